The van der Waals surface area contributed by atoms with Gasteiger partial charge in [0.05, 0.1) is 16.9 Å². The van der Waals surface area contributed by atoms with E-state index in [1.807, 2.05) is 0 Å². The lowest BCUT2D eigenvalue weighted by Gasteiger charge is -2.28. The summed E-state index contributed by atoms with van der Waals surface area (Å²) in [5.41, 5.74) is 18.1. The Balaban J connectivity index is 1.28. The van der Waals surface area contributed by atoms with Gasteiger partial charge in [-0.05, 0) is 123 Å². The Morgan fingerprint density at radius 3 is 1.19 bits per heavy atom. The van der Waals surface area contributed by atoms with E-state index in [9.17, 15) is 0 Å². The maximum absolute atomic E-state index is 7.09. The van der Waals surface area contributed by atoms with Crippen molar-refractivity contribution in [1.29, 1.82) is 0 Å². The molecular formula is C58H41N3O2. The number of aromatic nitrogens is 1. The lowest BCUT2D eigenvalue weighted by atomic mass is 10.00. The van der Waals surface area contributed by atoms with Crippen LogP contribution in [0.25, 0.3) is 82.0 Å². The number of rotatable bonds is 6. The molecule has 0 amide bonds. The van der Waals surface area contributed by atoms with Gasteiger partial charge in [0, 0.05) is 65.8 Å². The molecule has 4 heterocycles. The molecule has 0 N–H and O–H groups in total. The zero-order chi connectivity index (χ0) is 42.1. The third kappa shape index (κ3) is 5.05. The molecule has 300 valence electrons. The second kappa shape index (κ2) is 13.2. The zero-order valence-corrected chi connectivity index (χ0v) is 35.4. The summed E-state index contributed by atoms with van der Waals surface area (Å²) in [4.78, 5) is 4.86. The van der Waals surface area contributed by atoms with Crippen LogP contribution >= 0.6 is 0 Å². The molecule has 13 aromatic rings. The number of hydrogen-bond acceptors (Lipinski definition) is 4. The summed E-state index contributed by atoms with van der Waals surface area (Å²) >= 11 is 0. The number of nitrogens with zero attached hydrogens (tertiary/aromatic N) is 3. The molecule has 0 saturated heterocycles. The Kier molecular flexibility index (Phi) is 7.50. The smallest absolute Gasteiger partial charge is 0.160 e. The largest absolute Gasteiger partial charge is 0.454 e. The molecule has 0 spiro atoms. The highest BCUT2D eigenvalue weighted by Gasteiger charge is 2.31. The van der Waals surface area contributed by atoms with E-state index in [0.29, 0.717) is 0 Å². The van der Waals surface area contributed by atoms with Gasteiger partial charge in [0.15, 0.2) is 11.2 Å². The second-order valence-corrected chi connectivity index (χ2v) is 17.1. The number of benzene rings is 9. The number of anilines is 6. The molecule has 0 aliphatic rings. The first kappa shape index (κ1) is 35.7. The van der Waals surface area contributed by atoms with Crippen LogP contribution in [0.3, 0.4) is 0 Å². The van der Waals surface area contributed by atoms with E-state index < -0.39 is 0 Å². The number of para-hydroxylation sites is 5. The van der Waals surface area contributed by atoms with Crippen LogP contribution in [0.1, 0.15) is 22.3 Å². The van der Waals surface area contributed by atoms with Gasteiger partial charge in [0.1, 0.15) is 22.2 Å². The van der Waals surface area contributed by atoms with Gasteiger partial charge < -0.3 is 23.0 Å². The van der Waals surface area contributed by atoms with Crippen molar-refractivity contribution in [3.05, 3.63) is 198 Å². The maximum atomic E-state index is 7.09. The summed E-state index contributed by atoms with van der Waals surface area (Å²) in [7, 11) is 0. The van der Waals surface area contributed by atoms with E-state index >= 15 is 0 Å². The van der Waals surface area contributed by atoms with E-state index in [4.69, 9.17) is 8.83 Å². The maximum Gasteiger partial charge on any atom is 0.160 e. The lowest BCUT2D eigenvalue weighted by molar-refractivity contribution is 0.670. The van der Waals surface area contributed by atoms with Crippen LogP contribution in [0.2, 0.25) is 0 Å². The quantitative estimate of drug-likeness (QED) is 0.168. The van der Waals surface area contributed by atoms with Crippen LogP contribution in [0, 0.1) is 27.7 Å². The fraction of sp³-hybridized carbons (Fsp3) is 0.0690. The van der Waals surface area contributed by atoms with Crippen LogP contribution in [0.15, 0.2) is 185 Å². The molecular weight excluding hydrogens is 771 g/mol. The fourth-order valence-electron chi connectivity index (χ4n) is 10.2. The number of hydrogen-bond donors (Lipinski definition) is 0. The second-order valence-electron chi connectivity index (χ2n) is 17.1. The molecule has 0 fully saturated rings. The SMILES string of the molecule is Cc1ccc(N(c2ccccc2)c2cc3c4ccccc4oc3c3c2c2cccc4c5c(N(c6ccccc6)c6ccc(C)c(C)c6)cc6c7ccccc7oc6c5n3c24)cc1C. The minimum absolute atomic E-state index is 0.849. The highest BCUT2D eigenvalue weighted by Crippen LogP contribution is 2.54. The van der Waals surface area contributed by atoms with Crippen LogP contribution in [-0.2, 0) is 0 Å². The van der Waals surface area contributed by atoms with Gasteiger partial charge in [-0.2, -0.15) is 0 Å². The van der Waals surface area contributed by atoms with Crippen molar-refractivity contribution in [2.45, 2.75) is 27.7 Å². The molecule has 5 heteroatoms. The topological polar surface area (TPSA) is 37.2 Å². The zero-order valence-electron chi connectivity index (χ0n) is 35.4. The Morgan fingerprint density at radius 1 is 0.333 bits per heavy atom. The Labute approximate surface area is 363 Å². The van der Waals surface area contributed by atoms with Crippen molar-refractivity contribution in [3.8, 4) is 0 Å². The molecule has 0 aliphatic carbocycles. The molecule has 13 rings (SSSR count). The van der Waals surface area contributed by atoms with Gasteiger partial charge in [-0.15, -0.1) is 0 Å². The van der Waals surface area contributed by atoms with Gasteiger partial charge in [0.2, 0.25) is 0 Å². The number of aryl methyl sites for hydroxylation is 4. The highest BCUT2D eigenvalue weighted by atomic mass is 16.3. The first-order chi connectivity index (χ1) is 30.9. The molecule has 63 heavy (non-hydrogen) atoms. The predicted molar refractivity (Wildman–Crippen MR) is 264 cm³/mol. The summed E-state index contributed by atoms with van der Waals surface area (Å²) in [6, 6.07) is 63.5. The summed E-state index contributed by atoms with van der Waals surface area (Å²) < 4.78 is 16.7. The number of fused-ring (bicyclic) bond motifs is 14. The molecule has 5 nitrogen and oxygen atoms in total. The van der Waals surface area contributed by atoms with Crippen molar-refractivity contribution < 1.29 is 8.83 Å². The normalized spacial score (nSPS) is 12.1. The van der Waals surface area contributed by atoms with Gasteiger partial charge >= 0.3 is 0 Å². The van der Waals surface area contributed by atoms with Gasteiger partial charge in [-0.3, -0.25) is 0 Å². The van der Waals surface area contributed by atoms with E-state index in [2.05, 4.69) is 218 Å². The summed E-state index contributed by atoms with van der Waals surface area (Å²) in [6.07, 6.45) is 0. The van der Waals surface area contributed by atoms with Crippen LogP contribution in [0.4, 0.5) is 34.1 Å². The molecule has 0 atom stereocenters. The van der Waals surface area contributed by atoms with Crippen molar-refractivity contribution in [3.63, 3.8) is 0 Å². The van der Waals surface area contributed by atoms with Crippen LogP contribution in [0.5, 0.6) is 0 Å². The Bertz CT molecular complexity index is 3710. The molecule has 0 aliphatic heterocycles. The molecule has 9 aromatic carbocycles. The predicted octanol–water partition coefficient (Wildman–Crippen LogP) is 16.8. The lowest BCUT2D eigenvalue weighted by Crippen LogP contribution is -2.11. The minimum atomic E-state index is 0.849. The monoisotopic (exact) mass is 811 g/mol. The average molecular weight is 812 g/mol. The van der Waals surface area contributed by atoms with Crippen LogP contribution < -0.4 is 9.80 Å². The molecule has 0 saturated carbocycles. The molecule has 0 bridgehead atoms. The molecule has 4 aromatic heterocycles. The van der Waals surface area contributed by atoms with E-state index in [1.54, 1.807) is 0 Å². The van der Waals surface area contributed by atoms with Crippen LogP contribution in [-0.4, -0.2) is 4.40 Å². The minimum Gasteiger partial charge on any atom is -0.454 e. The van der Waals surface area contributed by atoms with Crippen molar-refractivity contribution >= 4 is 116 Å². The van der Waals surface area contributed by atoms with Gasteiger partial charge in [-0.25, -0.2) is 0 Å². The third-order valence-corrected chi connectivity index (χ3v) is 13.5. The van der Waals surface area contributed by atoms with E-state index in [1.165, 1.54) is 22.3 Å². The van der Waals surface area contributed by atoms with Crippen molar-refractivity contribution in [1.82, 2.24) is 4.40 Å². The van der Waals surface area contributed by atoms with Crippen molar-refractivity contribution in [2.75, 3.05) is 9.80 Å². The Morgan fingerprint density at radius 2 is 0.746 bits per heavy atom. The third-order valence-electron chi connectivity index (χ3n) is 13.5. The summed E-state index contributed by atoms with van der Waals surface area (Å²) in [5, 5.41) is 8.81. The van der Waals surface area contributed by atoms with Gasteiger partial charge in [-0.1, -0.05) is 103 Å². The summed E-state index contributed by atoms with van der Waals surface area (Å²) in [5.74, 6) is 0. The summed E-state index contributed by atoms with van der Waals surface area (Å²) in [6.45, 7) is 8.76. The van der Waals surface area contributed by atoms with E-state index in [-0.39, 0.29) is 0 Å². The molecule has 0 unspecified atom stereocenters. The number of furan rings is 2. The fourth-order valence-corrected chi connectivity index (χ4v) is 10.2. The molecule has 0 radical (unpaired) electrons. The first-order valence-corrected chi connectivity index (χ1v) is 21.7. The van der Waals surface area contributed by atoms with Gasteiger partial charge in [0.25, 0.3) is 0 Å². The van der Waals surface area contributed by atoms with E-state index in [0.717, 1.165) is 116 Å². The Hall–Kier alpha value is -8.02. The van der Waals surface area contributed by atoms with Crippen molar-refractivity contribution in [2.24, 2.45) is 0 Å². The average Bonchev–Trinajstić information content (AvgIpc) is 4.07. The standard InChI is InChI=1S/C58H41N3O2/c1-34-26-28-40(30-36(34)3)59(38-16-7-5-8-17-38)48-32-46-42-20-11-13-24-50(42)62-57(46)55-52(48)44-22-15-23-45-53-49(60(39-18-9-6-10-19-39)41-29-27-35(2)37(4)31-41)33-47-43-21-12-14-25-51(43)63-58(47)56(53)61(55)54(44)45/h5-33H,1-4H3. The first-order valence-electron chi connectivity index (χ1n) is 21.7. The highest BCUT2D eigenvalue weighted by molar-refractivity contribution is 6.36.